The van der Waals surface area contributed by atoms with Gasteiger partial charge < -0.3 is 9.80 Å². The summed E-state index contributed by atoms with van der Waals surface area (Å²) >= 11 is 1.47. The monoisotopic (exact) mass is 282 g/mol. The van der Waals surface area contributed by atoms with Crippen LogP contribution in [0.15, 0.2) is 0 Å². The molecule has 0 N–H and O–H groups in total. The van der Waals surface area contributed by atoms with E-state index >= 15 is 0 Å². The molecular weight excluding hydrogens is 260 g/mol. The molecule has 1 fully saturated rings. The van der Waals surface area contributed by atoms with Crippen molar-refractivity contribution in [3.05, 3.63) is 5.82 Å². The molecule has 5 nitrogen and oxygen atoms in total. The van der Waals surface area contributed by atoms with E-state index in [0.29, 0.717) is 5.92 Å². The summed E-state index contributed by atoms with van der Waals surface area (Å²) < 4.78 is 4.39. The van der Waals surface area contributed by atoms with Gasteiger partial charge in [-0.1, -0.05) is 13.8 Å². The minimum absolute atomic E-state index is 0.170. The van der Waals surface area contributed by atoms with E-state index in [1.54, 1.807) is 4.90 Å². The molecule has 1 saturated heterocycles. The molecule has 6 heteroatoms. The number of piperidine rings is 1. The van der Waals surface area contributed by atoms with Gasteiger partial charge in [-0.15, -0.1) is 0 Å². The molecule has 0 saturated carbocycles. The van der Waals surface area contributed by atoms with Gasteiger partial charge in [0.1, 0.15) is 5.82 Å². The molecule has 0 spiro atoms. The van der Waals surface area contributed by atoms with Crippen molar-refractivity contribution in [2.75, 3.05) is 32.1 Å². The molecule has 0 radical (unpaired) electrons. The Hall–Kier alpha value is -1.17. The fourth-order valence-electron chi connectivity index (χ4n) is 2.27. The summed E-state index contributed by atoms with van der Waals surface area (Å²) in [5, 5.41) is 0.999. The molecule has 0 unspecified atom stereocenters. The molecule has 106 valence electrons. The van der Waals surface area contributed by atoms with Crippen LogP contribution in [-0.2, 0) is 4.79 Å². The van der Waals surface area contributed by atoms with Gasteiger partial charge in [-0.2, -0.15) is 4.37 Å². The predicted molar refractivity (Wildman–Crippen MR) is 77.6 cm³/mol. The molecule has 1 aromatic rings. The zero-order valence-corrected chi connectivity index (χ0v) is 12.9. The number of anilines is 1. The number of carbonyl (C=O) groups is 1. The topological polar surface area (TPSA) is 49.3 Å². The minimum atomic E-state index is 0.170. The number of hydrogen-bond donors (Lipinski definition) is 0. The Labute approximate surface area is 118 Å². The van der Waals surface area contributed by atoms with E-state index in [2.05, 4.69) is 28.1 Å². The van der Waals surface area contributed by atoms with Crippen molar-refractivity contribution in [2.45, 2.75) is 32.6 Å². The average Bonchev–Trinajstić information content (AvgIpc) is 2.87. The summed E-state index contributed by atoms with van der Waals surface area (Å²) in [6.07, 6.45) is 1.82. The first-order valence-electron chi connectivity index (χ1n) is 6.78. The molecule has 19 heavy (non-hydrogen) atoms. The number of carbonyl (C=O) groups excluding carboxylic acids is 1. The highest BCUT2D eigenvalue weighted by atomic mass is 32.1. The third-order valence-corrected chi connectivity index (χ3v) is 4.29. The lowest BCUT2D eigenvalue weighted by molar-refractivity contribution is -0.133. The van der Waals surface area contributed by atoms with Crippen molar-refractivity contribution >= 4 is 22.6 Å². The molecule has 2 heterocycles. The summed E-state index contributed by atoms with van der Waals surface area (Å²) in [4.78, 5) is 20.4. The van der Waals surface area contributed by atoms with Crippen LogP contribution in [0.3, 0.4) is 0 Å². The normalized spacial score (nSPS) is 17.0. The van der Waals surface area contributed by atoms with Crippen LogP contribution in [-0.4, -0.2) is 47.3 Å². The highest BCUT2D eigenvalue weighted by molar-refractivity contribution is 7.09. The maximum Gasteiger partial charge on any atom is 0.225 e. The molecule has 1 amide bonds. The quantitative estimate of drug-likeness (QED) is 0.850. The Morgan fingerprint density at radius 1 is 1.37 bits per heavy atom. The second-order valence-electron chi connectivity index (χ2n) is 5.58. The van der Waals surface area contributed by atoms with E-state index in [-0.39, 0.29) is 11.8 Å². The van der Waals surface area contributed by atoms with E-state index < -0.39 is 0 Å². The summed E-state index contributed by atoms with van der Waals surface area (Å²) in [5.41, 5.74) is 0. The first kappa shape index (κ1) is 14.2. The van der Waals surface area contributed by atoms with Gasteiger partial charge >= 0.3 is 0 Å². The second kappa shape index (κ2) is 5.86. The van der Waals surface area contributed by atoms with Crippen molar-refractivity contribution < 1.29 is 4.79 Å². The molecule has 1 aromatic heterocycles. The van der Waals surface area contributed by atoms with Gasteiger partial charge in [-0.25, -0.2) is 4.98 Å². The van der Waals surface area contributed by atoms with E-state index in [4.69, 9.17) is 0 Å². The Bertz CT molecular complexity index is 436. The summed E-state index contributed by atoms with van der Waals surface area (Å²) in [6, 6.07) is 0. The first-order valence-corrected chi connectivity index (χ1v) is 7.56. The van der Waals surface area contributed by atoms with Crippen molar-refractivity contribution in [3.8, 4) is 0 Å². The molecule has 2 rings (SSSR count). The van der Waals surface area contributed by atoms with E-state index in [9.17, 15) is 4.79 Å². The molecule has 0 bridgehead atoms. The van der Waals surface area contributed by atoms with Crippen molar-refractivity contribution in [2.24, 2.45) is 5.92 Å². The molecule has 0 aromatic carbocycles. The van der Waals surface area contributed by atoms with E-state index in [1.807, 2.05) is 14.1 Å². The van der Waals surface area contributed by atoms with E-state index in [1.165, 1.54) is 11.5 Å². The fraction of sp³-hybridized carbons (Fsp3) is 0.769. The second-order valence-corrected chi connectivity index (χ2v) is 6.31. The average molecular weight is 282 g/mol. The molecule has 0 atom stereocenters. The van der Waals surface area contributed by atoms with Crippen LogP contribution in [0.5, 0.6) is 0 Å². The highest BCUT2D eigenvalue weighted by Gasteiger charge is 2.27. The third kappa shape index (κ3) is 3.23. The van der Waals surface area contributed by atoms with Gasteiger partial charge in [0.15, 0.2) is 0 Å². The van der Waals surface area contributed by atoms with Crippen LogP contribution in [0.2, 0.25) is 0 Å². The lowest BCUT2D eigenvalue weighted by Crippen LogP contribution is -2.40. The highest BCUT2D eigenvalue weighted by Crippen LogP contribution is 2.27. The lowest BCUT2D eigenvalue weighted by Gasteiger charge is -2.31. The van der Waals surface area contributed by atoms with Crippen LogP contribution >= 0.6 is 11.5 Å². The SMILES string of the molecule is CC(C)c1nsc(N2CCC(C(=O)N(C)C)CC2)n1. The number of nitrogens with zero attached hydrogens (tertiary/aromatic N) is 4. The van der Waals surface area contributed by atoms with Gasteiger partial charge in [-0.05, 0) is 12.8 Å². The summed E-state index contributed by atoms with van der Waals surface area (Å²) in [6.45, 7) is 6.01. The number of rotatable bonds is 3. The van der Waals surface area contributed by atoms with Gasteiger partial charge in [0, 0.05) is 50.6 Å². The van der Waals surface area contributed by atoms with Gasteiger partial charge in [0.2, 0.25) is 11.0 Å². The molecular formula is C13H22N4OS. The minimum Gasteiger partial charge on any atom is -0.349 e. The van der Waals surface area contributed by atoms with Crippen LogP contribution in [0.4, 0.5) is 5.13 Å². The van der Waals surface area contributed by atoms with Crippen LogP contribution in [0, 0.1) is 5.92 Å². The molecule has 1 aliphatic heterocycles. The number of aromatic nitrogens is 2. The molecule has 0 aliphatic carbocycles. The summed E-state index contributed by atoms with van der Waals surface area (Å²) in [5.74, 6) is 1.72. The Balaban J connectivity index is 1.94. The van der Waals surface area contributed by atoms with Gasteiger partial charge in [-0.3, -0.25) is 4.79 Å². The third-order valence-electron chi connectivity index (χ3n) is 3.50. The predicted octanol–water partition coefficient (Wildman–Crippen LogP) is 1.97. The largest absolute Gasteiger partial charge is 0.349 e. The zero-order valence-electron chi connectivity index (χ0n) is 12.1. The standard InChI is InChI=1S/C13H22N4OS/c1-9(2)11-14-13(19-15-11)17-7-5-10(6-8-17)12(18)16(3)4/h9-10H,5-8H2,1-4H3. The maximum atomic E-state index is 11.9. The maximum absolute atomic E-state index is 11.9. The first-order chi connectivity index (χ1) is 8.99. The summed E-state index contributed by atoms with van der Waals surface area (Å²) in [7, 11) is 3.66. The Morgan fingerprint density at radius 2 is 2.00 bits per heavy atom. The van der Waals surface area contributed by atoms with Crippen LogP contribution in [0.1, 0.15) is 38.4 Å². The Morgan fingerprint density at radius 3 is 2.47 bits per heavy atom. The smallest absolute Gasteiger partial charge is 0.225 e. The van der Waals surface area contributed by atoms with Gasteiger partial charge in [0.25, 0.3) is 0 Å². The Kier molecular flexibility index (Phi) is 4.39. The lowest BCUT2D eigenvalue weighted by atomic mass is 9.96. The van der Waals surface area contributed by atoms with E-state index in [0.717, 1.165) is 36.9 Å². The number of hydrogen-bond acceptors (Lipinski definition) is 5. The van der Waals surface area contributed by atoms with Crippen molar-refractivity contribution in [1.29, 1.82) is 0 Å². The molecule has 1 aliphatic rings. The fourth-order valence-corrected chi connectivity index (χ4v) is 3.13. The van der Waals surface area contributed by atoms with Crippen LogP contribution < -0.4 is 4.90 Å². The van der Waals surface area contributed by atoms with Gasteiger partial charge in [0.05, 0.1) is 0 Å². The zero-order chi connectivity index (χ0) is 14.0. The van der Waals surface area contributed by atoms with Crippen molar-refractivity contribution in [3.63, 3.8) is 0 Å². The van der Waals surface area contributed by atoms with Crippen molar-refractivity contribution in [1.82, 2.24) is 14.3 Å². The van der Waals surface area contributed by atoms with Crippen LogP contribution in [0.25, 0.3) is 0 Å². The number of amides is 1.